The van der Waals surface area contributed by atoms with E-state index in [1.807, 2.05) is 6.92 Å². The van der Waals surface area contributed by atoms with Crippen LogP contribution in [0.3, 0.4) is 0 Å². The van der Waals surface area contributed by atoms with Crippen LogP contribution in [-0.2, 0) is 13.3 Å². The largest absolute Gasteiger partial charge is 0.504 e. The van der Waals surface area contributed by atoms with Gasteiger partial charge in [0, 0.05) is 38.1 Å². The fraction of sp³-hybridized carbons (Fsp3) is 0.261. The number of aryl methyl sites for hydroxylation is 1. The van der Waals surface area contributed by atoms with Crippen LogP contribution in [0.1, 0.15) is 24.5 Å². The summed E-state index contributed by atoms with van der Waals surface area (Å²) in [4.78, 5) is 12.5. The van der Waals surface area contributed by atoms with E-state index in [9.17, 15) is 13.2 Å². The van der Waals surface area contributed by atoms with E-state index in [4.69, 9.17) is 22.1 Å². The van der Waals surface area contributed by atoms with Gasteiger partial charge in [-0.15, -0.1) is 13.2 Å². The first-order valence-electron chi connectivity index (χ1n) is 10.9. The molecule has 4 rings (SSSR count). The molecule has 0 radical (unpaired) electrons. The lowest BCUT2D eigenvalue weighted by Crippen LogP contribution is -2.19. The minimum Gasteiger partial charge on any atom is -0.477 e. The number of hydrogen-bond acceptors (Lipinski definition) is 8. The first-order chi connectivity index (χ1) is 17.6. The van der Waals surface area contributed by atoms with E-state index < -0.39 is 6.30 Å². The van der Waals surface area contributed by atoms with E-state index in [0.717, 1.165) is 12.4 Å². The number of aromatic nitrogens is 7. The number of nitrogen functional groups attached to an aromatic ring is 1. The van der Waals surface area contributed by atoms with Crippen LogP contribution in [0.15, 0.2) is 43.1 Å². The van der Waals surface area contributed by atoms with Crippen molar-refractivity contribution in [3.63, 3.8) is 0 Å². The number of nitrogens with two attached hydrogens (primary N) is 1. The number of alkyl halides is 3. The molecule has 0 aliphatic carbocycles. The summed E-state index contributed by atoms with van der Waals surface area (Å²) in [5.41, 5.74) is 7.53. The van der Waals surface area contributed by atoms with Crippen molar-refractivity contribution in [2.45, 2.75) is 25.7 Å². The molecule has 0 spiro atoms. The summed E-state index contributed by atoms with van der Waals surface area (Å²) >= 11 is 6.05. The zero-order valence-corrected chi connectivity index (χ0v) is 20.4. The molecule has 0 aliphatic heterocycles. The van der Waals surface area contributed by atoms with Crippen LogP contribution in [0.2, 0.25) is 5.15 Å². The topological polar surface area (TPSA) is 122 Å². The third kappa shape index (κ3) is 6.47. The van der Waals surface area contributed by atoms with Crippen molar-refractivity contribution in [3.05, 3.63) is 59.4 Å². The summed E-state index contributed by atoms with van der Waals surface area (Å²) in [5.74, 6) is 6.73. The van der Waals surface area contributed by atoms with Gasteiger partial charge in [-0.05, 0) is 19.1 Å². The molecule has 0 bridgehead atoms. The maximum Gasteiger partial charge on any atom is 0.504 e. The van der Waals surface area contributed by atoms with Gasteiger partial charge < -0.3 is 15.8 Å². The Kier molecular flexibility index (Phi) is 7.49. The third-order valence-electron chi connectivity index (χ3n) is 5.05. The van der Waals surface area contributed by atoms with Gasteiger partial charge in [-0.2, -0.15) is 14.9 Å². The Morgan fingerprint density at radius 2 is 2.00 bits per heavy atom. The molecule has 14 heteroatoms. The van der Waals surface area contributed by atoms with Gasteiger partial charge in [0.25, 0.3) is 0 Å². The molecule has 0 unspecified atom stereocenters. The summed E-state index contributed by atoms with van der Waals surface area (Å²) in [6.07, 6.45) is 2.43. The second-order valence-electron chi connectivity index (χ2n) is 7.92. The summed E-state index contributed by atoms with van der Waals surface area (Å²) in [5, 5.41) is 11.0. The molecule has 10 nitrogen and oxygen atoms in total. The van der Waals surface area contributed by atoms with Crippen LogP contribution in [-0.4, -0.2) is 47.2 Å². The Hall–Kier alpha value is -4.31. The summed E-state index contributed by atoms with van der Waals surface area (Å²) < 4.78 is 45.7. The van der Waals surface area contributed by atoms with Crippen LogP contribution in [0, 0.1) is 11.8 Å². The van der Waals surface area contributed by atoms with Crippen molar-refractivity contribution >= 4 is 23.1 Å². The lowest BCUT2D eigenvalue weighted by Gasteiger charge is -2.17. The molecular weight excluding hydrogens is 511 g/mol. The highest BCUT2D eigenvalue weighted by molar-refractivity contribution is 6.29. The monoisotopic (exact) mass is 531 g/mol. The normalized spacial score (nSPS) is 12.1. The van der Waals surface area contributed by atoms with Crippen molar-refractivity contribution in [1.82, 2.24) is 34.5 Å². The van der Waals surface area contributed by atoms with E-state index in [1.54, 1.807) is 36.3 Å². The fourth-order valence-corrected chi connectivity index (χ4v) is 3.40. The predicted molar refractivity (Wildman–Crippen MR) is 131 cm³/mol. The second-order valence-corrected chi connectivity index (χ2v) is 8.31. The average molecular weight is 532 g/mol. The quantitative estimate of drug-likeness (QED) is 0.272. The maximum atomic E-state index is 12.7. The number of nitrogens with one attached hydrogen (secondary N) is 1. The second kappa shape index (κ2) is 10.8. The fourth-order valence-electron chi connectivity index (χ4n) is 3.24. The highest BCUT2D eigenvalue weighted by atomic mass is 35.5. The van der Waals surface area contributed by atoms with E-state index >= 15 is 0 Å². The Morgan fingerprint density at radius 3 is 2.73 bits per heavy atom. The van der Waals surface area contributed by atoms with Crippen molar-refractivity contribution in [2.24, 2.45) is 7.05 Å². The van der Waals surface area contributed by atoms with Gasteiger partial charge in [0.1, 0.15) is 16.5 Å². The first-order valence-corrected chi connectivity index (χ1v) is 11.3. The van der Waals surface area contributed by atoms with Gasteiger partial charge in [0.2, 0.25) is 5.88 Å². The molecular formula is C23H21ClF3N9O. The molecule has 4 aromatic rings. The lowest BCUT2D eigenvalue weighted by molar-refractivity contribution is -0.212. The number of rotatable bonds is 7. The summed E-state index contributed by atoms with van der Waals surface area (Å²) in [6, 6.07) is 3.10. The minimum atomic E-state index is -4.61. The number of hydrogen-bond donors (Lipinski definition) is 2. The molecule has 37 heavy (non-hydrogen) atoms. The molecule has 4 heterocycles. The SMILES string of the molecule is C[C@@H](CCOc1c(-c2nccc(N)n2)cnn1C)Nc1cc(Cl)ncc1C#Cc1cnn(C(F)(F)F)c1. The minimum absolute atomic E-state index is 0.0905. The number of pyridine rings is 1. The van der Waals surface area contributed by atoms with E-state index in [-0.39, 0.29) is 21.4 Å². The van der Waals surface area contributed by atoms with Crippen LogP contribution < -0.4 is 15.8 Å². The molecule has 0 fully saturated rings. The van der Waals surface area contributed by atoms with Crippen LogP contribution >= 0.6 is 11.6 Å². The molecule has 4 aromatic heterocycles. The average Bonchev–Trinajstić information content (AvgIpc) is 3.46. The third-order valence-corrected chi connectivity index (χ3v) is 5.26. The van der Waals surface area contributed by atoms with Gasteiger partial charge in [-0.3, -0.25) is 0 Å². The Morgan fingerprint density at radius 1 is 1.19 bits per heavy atom. The van der Waals surface area contributed by atoms with E-state index in [2.05, 4.69) is 42.3 Å². The highest BCUT2D eigenvalue weighted by Crippen LogP contribution is 2.27. The first kappa shape index (κ1) is 25.8. The van der Waals surface area contributed by atoms with Crippen LogP contribution in [0.25, 0.3) is 11.4 Å². The number of halogens is 4. The smallest absolute Gasteiger partial charge is 0.477 e. The standard InChI is InChI=1S/C23H21ClF3N9O/c1-14(6-8-37-22-17(12-31-35(22)2)21-29-7-5-20(28)34-21)33-18-9-19(24)30-11-16(18)4-3-15-10-32-36(13-15)23(25,26)27/h5,7,9-14H,6,8H2,1-2H3,(H,30,33)(H2,28,29,34)/t14-/m0/s1. The summed E-state index contributed by atoms with van der Waals surface area (Å²) in [7, 11) is 1.75. The van der Waals surface area contributed by atoms with Crippen LogP contribution in [0.5, 0.6) is 5.88 Å². The molecule has 0 saturated carbocycles. The van der Waals surface area contributed by atoms with E-state index in [0.29, 0.717) is 47.4 Å². The molecule has 0 aliphatic rings. The maximum absolute atomic E-state index is 12.7. The van der Waals surface area contributed by atoms with Crippen molar-refractivity contribution < 1.29 is 17.9 Å². The Balaban J connectivity index is 1.42. The number of ether oxygens (including phenoxy) is 1. The zero-order valence-electron chi connectivity index (χ0n) is 19.7. The van der Waals surface area contributed by atoms with Gasteiger partial charge >= 0.3 is 6.30 Å². The molecule has 192 valence electrons. The van der Waals surface area contributed by atoms with E-state index in [1.165, 1.54) is 6.20 Å². The van der Waals surface area contributed by atoms with Gasteiger partial charge in [0.05, 0.1) is 35.8 Å². The van der Waals surface area contributed by atoms with Gasteiger partial charge in [-0.25, -0.2) is 19.6 Å². The van der Waals surface area contributed by atoms with Crippen LogP contribution in [0.4, 0.5) is 24.7 Å². The van der Waals surface area contributed by atoms with Crippen molar-refractivity contribution in [2.75, 3.05) is 17.7 Å². The van der Waals surface area contributed by atoms with Crippen molar-refractivity contribution in [3.8, 4) is 29.1 Å². The Bertz CT molecular complexity index is 1460. The molecule has 3 N–H and O–H groups in total. The number of nitrogens with zero attached hydrogens (tertiary/aromatic N) is 7. The number of anilines is 2. The Labute approximate surface area is 214 Å². The molecule has 0 aromatic carbocycles. The molecule has 0 saturated heterocycles. The molecule has 1 atom stereocenters. The lowest BCUT2D eigenvalue weighted by atomic mass is 10.2. The van der Waals surface area contributed by atoms with Gasteiger partial charge in [-0.1, -0.05) is 23.4 Å². The van der Waals surface area contributed by atoms with Gasteiger partial charge in [0.15, 0.2) is 5.82 Å². The van der Waals surface area contributed by atoms with Crippen molar-refractivity contribution in [1.29, 1.82) is 0 Å². The molecule has 0 amide bonds. The summed E-state index contributed by atoms with van der Waals surface area (Å²) in [6.45, 7) is 2.27. The highest BCUT2D eigenvalue weighted by Gasteiger charge is 2.31. The predicted octanol–water partition coefficient (Wildman–Crippen LogP) is 3.85. The zero-order chi connectivity index (χ0) is 26.6.